The van der Waals surface area contributed by atoms with Crippen LogP contribution in [0.1, 0.15) is 18.5 Å². The normalized spacial score (nSPS) is 12.3. The van der Waals surface area contributed by atoms with Crippen molar-refractivity contribution >= 4 is 60.7 Å². The third-order valence-corrected chi connectivity index (χ3v) is 4.54. The summed E-state index contributed by atoms with van der Waals surface area (Å²) in [7, 11) is 0. The average molecular weight is 442 g/mol. The second-order valence-electron chi connectivity index (χ2n) is 4.28. The van der Waals surface area contributed by atoms with Gasteiger partial charge in [-0.25, -0.2) is 4.39 Å². The predicted octanol–water partition coefficient (Wildman–Crippen LogP) is 6.83. The van der Waals surface area contributed by atoms with Crippen molar-refractivity contribution in [2.45, 2.75) is 13.0 Å². The number of rotatable bonds is 3. The Morgan fingerprint density at radius 2 is 1.70 bits per heavy atom. The summed E-state index contributed by atoms with van der Waals surface area (Å²) in [5, 5.41) is 4.29. The topological polar surface area (TPSA) is 12.0 Å². The number of nitrogens with one attached hydrogen (secondary N) is 1. The van der Waals surface area contributed by atoms with Crippen LogP contribution in [0.2, 0.25) is 10.0 Å². The maximum atomic E-state index is 13.1. The van der Waals surface area contributed by atoms with Gasteiger partial charge in [-0.05, 0) is 36.8 Å². The lowest BCUT2D eigenvalue weighted by Crippen LogP contribution is -2.08. The number of halogens is 5. The molecule has 0 heterocycles. The molecule has 1 unspecified atom stereocenters. The Kier molecular flexibility index (Phi) is 5.35. The number of hydrogen-bond donors (Lipinski definition) is 1. The van der Waals surface area contributed by atoms with E-state index in [1.54, 1.807) is 18.2 Å². The molecule has 0 amide bonds. The molecule has 2 rings (SSSR count). The average Bonchev–Trinajstić information content (AvgIpc) is 2.33. The molecule has 2 aromatic carbocycles. The van der Waals surface area contributed by atoms with Crippen LogP contribution in [0.5, 0.6) is 0 Å². The largest absolute Gasteiger partial charge is 0.376 e. The molecule has 0 radical (unpaired) electrons. The summed E-state index contributed by atoms with van der Waals surface area (Å²) >= 11 is 19.1. The number of anilines is 1. The zero-order valence-corrected chi connectivity index (χ0v) is 15.0. The van der Waals surface area contributed by atoms with Gasteiger partial charge in [0, 0.05) is 15.0 Å². The summed E-state index contributed by atoms with van der Waals surface area (Å²) < 4.78 is 14.6. The third kappa shape index (κ3) is 3.67. The van der Waals surface area contributed by atoms with E-state index in [-0.39, 0.29) is 11.9 Å². The summed E-state index contributed by atoms with van der Waals surface area (Å²) in [4.78, 5) is 0. The Morgan fingerprint density at radius 3 is 2.25 bits per heavy atom. The van der Waals surface area contributed by atoms with Crippen molar-refractivity contribution in [1.29, 1.82) is 0 Å². The fourth-order valence-electron chi connectivity index (χ4n) is 1.83. The first-order chi connectivity index (χ1) is 9.38. The molecule has 1 nitrogen and oxygen atoms in total. The molecule has 106 valence electrons. The minimum Gasteiger partial charge on any atom is -0.376 e. The van der Waals surface area contributed by atoms with Gasteiger partial charge in [-0.1, -0.05) is 61.1 Å². The predicted molar refractivity (Wildman–Crippen MR) is 90.3 cm³/mol. The van der Waals surface area contributed by atoms with Crippen LogP contribution in [0.25, 0.3) is 0 Å². The molecule has 0 fully saturated rings. The molecule has 0 saturated heterocycles. The molecule has 1 N–H and O–H groups in total. The van der Waals surface area contributed by atoms with Crippen LogP contribution < -0.4 is 5.32 Å². The lowest BCUT2D eigenvalue weighted by atomic mass is 10.1. The molecule has 6 heteroatoms. The van der Waals surface area contributed by atoms with Crippen molar-refractivity contribution in [3.63, 3.8) is 0 Å². The maximum absolute atomic E-state index is 13.1. The molecular formula is C14H10Br2Cl2FN. The first-order valence-electron chi connectivity index (χ1n) is 5.74. The van der Waals surface area contributed by atoms with Gasteiger partial charge in [-0.3, -0.25) is 0 Å². The van der Waals surface area contributed by atoms with Crippen LogP contribution in [-0.2, 0) is 0 Å². The number of benzene rings is 2. The van der Waals surface area contributed by atoms with Crippen molar-refractivity contribution in [3.05, 3.63) is 60.7 Å². The van der Waals surface area contributed by atoms with Gasteiger partial charge in [0.1, 0.15) is 5.82 Å². The Bertz CT molecular complexity index is 626. The summed E-state index contributed by atoms with van der Waals surface area (Å²) in [5.74, 6) is -0.285. The van der Waals surface area contributed by atoms with Gasteiger partial charge in [-0.2, -0.15) is 0 Å². The first kappa shape index (κ1) is 16.1. The van der Waals surface area contributed by atoms with E-state index in [4.69, 9.17) is 23.2 Å². The van der Waals surface area contributed by atoms with Crippen molar-refractivity contribution in [2.75, 3.05) is 5.32 Å². The van der Waals surface area contributed by atoms with E-state index in [1.807, 2.05) is 6.92 Å². The fourth-order valence-corrected chi connectivity index (χ4v) is 3.84. The van der Waals surface area contributed by atoms with Crippen LogP contribution in [0.15, 0.2) is 39.3 Å². The second kappa shape index (κ2) is 6.65. The van der Waals surface area contributed by atoms with E-state index < -0.39 is 0 Å². The lowest BCUT2D eigenvalue weighted by molar-refractivity contribution is 0.625. The molecule has 0 aliphatic carbocycles. The van der Waals surface area contributed by atoms with E-state index in [2.05, 4.69) is 37.2 Å². The summed E-state index contributed by atoms with van der Waals surface area (Å²) in [5.41, 5.74) is 1.57. The number of hydrogen-bond acceptors (Lipinski definition) is 1. The smallest absolute Gasteiger partial charge is 0.124 e. The van der Waals surface area contributed by atoms with E-state index in [0.717, 1.165) is 10.0 Å². The van der Waals surface area contributed by atoms with Crippen molar-refractivity contribution in [2.24, 2.45) is 0 Å². The van der Waals surface area contributed by atoms with E-state index in [9.17, 15) is 4.39 Å². The highest BCUT2D eigenvalue weighted by Crippen LogP contribution is 2.37. The lowest BCUT2D eigenvalue weighted by Gasteiger charge is -2.19. The van der Waals surface area contributed by atoms with Gasteiger partial charge in [0.25, 0.3) is 0 Å². The molecule has 0 bridgehead atoms. The monoisotopic (exact) mass is 439 g/mol. The highest BCUT2D eigenvalue weighted by molar-refractivity contribution is 9.10. The summed E-state index contributed by atoms with van der Waals surface area (Å²) in [6.45, 7) is 1.95. The van der Waals surface area contributed by atoms with Crippen LogP contribution in [0, 0.1) is 5.82 Å². The second-order valence-corrected chi connectivity index (χ2v) is 6.86. The molecule has 0 aliphatic heterocycles. The van der Waals surface area contributed by atoms with Crippen molar-refractivity contribution < 1.29 is 4.39 Å². The van der Waals surface area contributed by atoms with Gasteiger partial charge in [0.15, 0.2) is 0 Å². The molecule has 0 aliphatic rings. The summed E-state index contributed by atoms with van der Waals surface area (Å²) in [6.07, 6.45) is 0. The van der Waals surface area contributed by atoms with Crippen LogP contribution >= 0.6 is 55.1 Å². The quantitative estimate of drug-likeness (QED) is 0.550. The van der Waals surface area contributed by atoms with Gasteiger partial charge in [0.05, 0.1) is 15.7 Å². The zero-order chi connectivity index (χ0) is 14.9. The van der Waals surface area contributed by atoms with E-state index in [0.29, 0.717) is 20.2 Å². The Hall–Kier alpha value is -0.290. The standard InChI is InChI=1S/C14H10Br2Cl2FN/c1-7(10-3-2-9(19)6-11(10)16)20-14-12(17)4-8(15)5-13(14)18/h2-7,20H,1H3. The molecule has 0 spiro atoms. The fraction of sp³-hybridized carbons (Fsp3) is 0.143. The van der Waals surface area contributed by atoms with E-state index in [1.165, 1.54) is 12.1 Å². The Labute approximate surface area is 143 Å². The maximum Gasteiger partial charge on any atom is 0.124 e. The molecule has 1 atom stereocenters. The zero-order valence-electron chi connectivity index (χ0n) is 10.4. The van der Waals surface area contributed by atoms with E-state index >= 15 is 0 Å². The molecule has 0 saturated carbocycles. The minimum atomic E-state index is -0.285. The Morgan fingerprint density at radius 1 is 1.10 bits per heavy atom. The van der Waals surface area contributed by atoms with Gasteiger partial charge >= 0.3 is 0 Å². The summed E-state index contributed by atoms with van der Waals surface area (Å²) in [6, 6.07) is 8.02. The van der Waals surface area contributed by atoms with Gasteiger partial charge in [-0.15, -0.1) is 0 Å². The van der Waals surface area contributed by atoms with Gasteiger partial charge in [0.2, 0.25) is 0 Å². The molecule has 20 heavy (non-hydrogen) atoms. The molecule has 0 aromatic heterocycles. The highest BCUT2D eigenvalue weighted by Gasteiger charge is 2.14. The van der Waals surface area contributed by atoms with Crippen molar-refractivity contribution in [3.8, 4) is 0 Å². The van der Waals surface area contributed by atoms with Gasteiger partial charge < -0.3 is 5.32 Å². The van der Waals surface area contributed by atoms with Crippen LogP contribution in [0.3, 0.4) is 0 Å². The minimum absolute atomic E-state index is 0.0823. The highest BCUT2D eigenvalue weighted by atomic mass is 79.9. The molecular weight excluding hydrogens is 432 g/mol. The Balaban J connectivity index is 2.30. The molecule has 2 aromatic rings. The van der Waals surface area contributed by atoms with Crippen molar-refractivity contribution in [1.82, 2.24) is 0 Å². The van der Waals surface area contributed by atoms with Crippen LogP contribution in [0.4, 0.5) is 10.1 Å². The SMILES string of the molecule is CC(Nc1c(Cl)cc(Br)cc1Cl)c1ccc(F)cc1Br. The third-order valence-electron chi connectivity index (χ3n) is 2.80. The first-order valence-corrected chi connectivity index (χ1v) is 8.08. The van der Waals surface area contributed by atoms with Crippen LogP contribution in [-0.4, -0.2) is 0 Å².